The summed E-state index contributed by atoms with van der Waals surface area (Å²) >= 11 is 12.0. The van der Waals surface area contributed by atoms with Crippen LogP contribution in [0, 0.1) is 6.92 Å². The van der Waals surface area contributed by atoms with Crippen LogP contribution >= 0.6 is 23.2 Å². The van der Waals surface area contributed by atoms with Gasteiger partial charge in [-0.25, -0.2) is 4.68 Å². The van der Waals surface area contributed by atoms with E-state index in [-0.39, 0.29) is 66.3 Å². The molecule has 185 valence electrons. The maximum atomic E-state index is 13.3. The molecule has 0 spiro atoms. The second-order valence-corrected chi connectivity index (χ2v) is 7.47. The largest absolute Gasteiger partial charge is 0.590 e. The van der Waals surface area contributed by atoms with Gasteiger partial charge < -0.3 is 26.5 Å². The van der Waals surface area contributed by atoms with Crippen LogP contribution in [0.2, 0.25) is 10.0 Å². The Hall–Kier alpha value is -2.02. The van der Waals surface area contributed by atoms with Gasteiger partial charge >= 0.3 is 6.18 Å². The van der Waals surface area contributed by atoms with E-state index in [0.29, 0.717) is 11.6 Å². The number of nitrogens with two attached hydrogens (primary N) is 1. The molecule has 1 radical (unpaired) electrons. The van der Waals surface area contributed by atoms with Gasteiger partial charge in [0.05, 0.1) is 22.3 Å². The van der Waals surface area contributed by atoms with Crippen LogP contribution in [-0.2, 0) is 38.9 Å². The van der Waals surface area contributed by atoms with E-state index in [4.69, 9.17) is 34.2 Å². The number of aromatic nitrogens is 2. The summed E-state index contributed by atoms with van der Waals surface area (Å²) in [5, 5.41) is 13.8. The molecule has 14 heteroatoms. The summed E-state index contributed by atoms with van der Waals surface area (Å²) in [5.41, 5.74) is 1.61. The summed E-state index contributed by atoms with van der Waals surface area (Å²) in [6.07, 6.45) is -4.81. The van der Waals surface area contributed by atoms with Crippen molar-refractivity contribution in [1.29, 1.82) is 0 Å². The Bertz CT molecular complexity index is 1210. The van der Waals surface area contributed by atoms with Crippen LogP contribution in [-0.4, -0.2) is 33.3 Å². The number of rotatable bonds is 4. The summed E-state index contributed by atoms with van der Waals surface area (Å²) in [6.45, 7) is 3.47. The molecular weight excluding hydrogens is 587 g/mol. The number of aliphatic hydroxyl groups excluding tert-OH is 1. The molecule has 0 saturated heterocycles. The SMILES string of the molecule is CCO.Cc1cc(Cl)cc(C(=O)[N-]N)c1NC(=O)c1cc(C(F)(F)F)nn1-c1ccccc1Cl.[Y]. The third-order valence-corrected chi connectivity index (χ3v) is 4.74. The molecule has 1 heterocycles. The van der Waals surface area contributed by atoms with Crippen molar-refractivity contribution in [3.05, 3.63) is 80.5 Å². The number of hydrogen-bond acceptors (Lipinski definition) is 5. The summed E-state index contributed by atoms with van der Waals surface area (Å²) < 4.78 is 40.6. The monoisotopic (exact) mass is 605 g/mol. The van der Waals surface area contributed by atoms with Gasteiger partial charge in [0.2, 0.25) is 0 Å². The molecule has 0 bridgehead atoms. The Morgan fingerprint density at radius 2 is 1.80 bits per heavy atom. The van der Waals surface area contributed by atoms with Crippen LogP contribution in [0.1, 0.15) is 39.0 Å². The van der Waals surface area contributed by atoms with Gasteiger partial charge in [0.1, 0.15) is 5.69 Å². The number of anilines is 1. The molecule has 0 atom stereocenters. The van der Waals surface area contributed by atoms with Crippen LogP contribution in [0.5, 0.6) is 0 Å². The van der Waals surface area contributed by atoms with Crippen molar-refractivity contribution in [3.8, 4) is 5.69 Å². The van der Waals surface area contributed by atoms with Crippen molar-refractivity contribution in [2.45, 2.75) is 20.0 Å². The quantitative estimate of drug-likeness (QED) is 0.216. The maximum absolute atomic E-state index is 13.3. The van der Waals surface area contributed by atoms with E-state index in [9.17, 15) is 22.8 Å². The molecule has 4 N–H and O–H groups in total. The Balaban J connectivity index is 0.00000145. The molecule has 3 aromatic rings. The van der Waals surface area contributed by atoms with Gasteiger partial charge in [-0.3, -0.25) is 4.79 Å². The standard InChI is InChI=1S/C19H14Cl2F3N5O2.C2H6O.Y/c1-9-6-10(20)7-11(17(30)27-25)16(9)26-18(31)14-8-15(19(22,23)24)28-29(14)13-5-3-2-4-12(13)21;1-2-3;/h2-8H,1H3,(H4,25,26,27,28,30,31);3H,2H2,1H3;/p-1. The number of para-hydroxylation sites is 1. The third-order valence-electron chi connectivity index (χ3n) is 4.20. The van der Waals surface area contributed by atoms with Gasteiger partial charge in [0.25, 0.3) is 5.91 Å². The Labute approximate surface area is 233 Å². The minimum absolute atomic E-state index is 0. The average molecular weight is 606 g/mol. The number of aliphatic hydroxyl groups is 1. The van der Waals surface area contributed by atoms with Gasteiger partial charge in [-0.15, -0.1) is 0 Å². The number of benzene rings is 2. The summed E-state index contributed by atoms with van der Waals surface area (Å²) in [4.78, 5) is 25.0. The van der Waals surface area contributed by atoms with Gasteiger partial charge in [0.15, 0.2) is 5.69 Å². The third kappa shape index (κ3) is 7.73. The van der Waals surface area contributed by atoms with Crippen molar-refractivity contribution in [2.24, 2.45) is 5.84 Å². The number of carbonyl (C=O) groups is 2. The predicted octanol–water partition coefficient (Wildman–Crippen LogP) is 5.14. The Morgan fingerprint density at radius 1 is 1.20 bits per heavy atom. The van der Waals surface area contributed by atoms with Crippen molar-refractivity contribution in [1.82, 2.24) is 9.78 Å². The molecule has 0 fully saturated rings. The Morgan fingerprint density at radius 3 is 2.34 bits per heavy atom. The maximum Gasteiger partial charge on any atom is 0.435 e. The first-order chi connectivity index (χ1) is 15.9. The van der Waals surface area contributed by atoms with Crippen molar-refractivity contribution in [2.75, 3.05) is 11.9 Å². The molecule has 35 heavy (non-hydrogen) atoms. The van der Waals surface area contributed by atoms with Crippen LogP contribution in [0.25, 0.3) is 11.1 Å². The molecule has 3 rings (SSSR count). The summed E-state index contributed by atoms with van der Waals surface area (Å²) in [6, 6.07) is 9.22. The number of nitrogens with zero attached hydrogens (tertiary/aromatic N) is 3. The van der Waals surface area contributed by atoms with Gasteiger partial charge in [-0.05, 0) is 43.7 Å². The zero-order valence-corrected chi connectivity index (χ0v) is 22.7. The second-order valence-electron chi connectivity index (χ2n) is 6.63. The number of amides is 2. The van der Waals surface area contributed by atoms with Crippen molar-refractivity contribution >= 4 is 40.7 Å². The normalized spacial score (nSPS) is 10.5. The molecule has 0 saturated carbocycles. The Kier molecular flexibility index (Phi) is 11.8. The number of halogens is 5. The number of nitrogens with one attached hydrogen (secondary N) is 1. The predicted molar refractivity (Wildman–Crippen MR) is 122 cm³/mol. The number of carbonyl (C=O) groups excluding carboxylic acids is 2. The average Bonchev–Trinajstić information content (AvgIpc) is 3.21. The molecule has 2 amide bonds. The van der Waals surface area contributed by atoms with Crippen LogP contribution in [0.3, 0.4) is 0 Å². The van der Waals surface area contributed by atoms with Crippen LogP contribution in [0.4, 0.5) is 18.9 Å². The van der Waals surface area contributed by atoms with Gasteiger partial charge in [-0.1, -0.05) is 35.3 Å². The van der Waals surface area contributed by atoms with E-state index in [0.717, 1.165) is 4.68 Å². The van der Waals surface area contributed by atoms with E-state index in [1.807, 2.05) is 0 Å². The van der Waals surface area contributed by atoms with Crippen molar-refractivity contribution in [3.63, 3.8) is 0 Å². The fourth-order valence-electron chi connectivity index (χ4n) is 2.81. The molecule has 0 aliphatic rings. The van der Waals surface area contributed by atoms with Gasteiger partial charge in [0, 0.05) is 56.0 Å². The van der Waals surface area contributed by atoms with Crippen LogP contribution in [0.15, 0.2) is 42.5 Å². The first kappa shape index (κ1) is 31.0. The molecular formula is C21H19Cl2F3N5O3Y-. The van der Waals surface area contributed by atoms with E-state index in [1.165, 1.54) is 30.3 Å². The van der Waals surface area contributed by atoms with Crippen molar-refractivity contribution < 1.29 is 60.6 Å². The molecule has 8 nitrogen and oxygen atoms in total. The first-order valence-electron chi connectivity index (χ1n) is 9.54. The number of hydrogen-bond donors (Lipinski definition) is 3. The molecule has 0 aliphatic heterocycles. The molecule has 1 aromatic heterocycles. The van der Waals surface area contributed by atoms with E-state index in [2.05, 4.69) is 15.8 Å². The van der Waals surface area contributed by atoms with Crippen LogP contribution < -0.4 is 11.2 Å². The van der Waals surface area contributed by atoms with E-state index in [1.54, 1.807) is 19.9 Å². The smallest absolute Gasteiger partial charge is 0.435 e. The zero-order valence-electron chi connectivity index (χ0n) is 18.4. The second kappa shape index (κ2) is 13.3. The topological polar surface area (TPSA) is 124 Å². The van der Waals surface area contributed by atoms with Gasteiger partial charge in [-0.2, -0.15) is 18.3 Å². The minimum atomic E-state index is -4.81. The van der Waals surface area contributed by atoms with E-state index < -0.39 is 29.4 Å². The van der Waals surface area contributed by atoms with E-state index >= 15 is 0 Å². The molecule has 0 unspecified atom stereocenters. The minimum Gasteiger partial charge on any atom is -0.590 e. The summed E-state index contributed by atoms with van der Waals surface area (Å²) in [5.74, 6) is 3.20. The first-order valence-corrected chi connectivity index (χ1v) is 10.3. The number of alkyl halides is 3. The zero-order chi connectivity index (χ0) is 25.6. The fraction of sp³-hybridized carbons (Fsp3) is 0.190. The summed E-state index contributed by atoms with van der Waals surface area (Å²) in [7, 11) is 0. The number of aryl methyl sites for hydroxylation is 1. The molecule has 0 aliphatic carbocycles. The molecule has 2 aromatic carbocycles. The fourth-order valence-corrected chi connectivity index (χ4v) is 3.30.